The molecule has 1 N–H and O–H groups in total. The third-order valence-electron chi connectivity index (χ3n) is 7.58. The molecule has 2 aliphatic carbocycles. The van der Waals surface area contributed by atoms with Gasteiger partial charge in [0.1, 0.15) is 17.7 Å². The molecular weight excluding hydrogens is 501 g/mol. The van der Waals surface area contributed by atoms with Crippen molar-refractivity contribution in [3.05, 3.63) is 86.0 Å². The maximum Gasteiger partial charge on any atom is 0.332 e. The summed E-state index contributed by atoms with van der Waals surface area (Å²) >= 11 is 0. The van der Waals surface area contributed by atoms with Crippen molar-refractivity contribution in [1.82, 2.24) is 23.7 Å². The third-order valence-corrected chi connectivity index (χ3v) is 7.58. The van der Waals surface area contributed by atoms with E-state index in [0.29, 0.717) is 35.4 Å². The summed E-state index contributed by atoms with van der Waals surface area (Å²) in [5.41, 5.74) is 3.22. The number of benzene rings is 1. The van der Waals surface area contributed by atoms with Crippen LogP contribution < -0.4 is 16.0 Å². The van der Waals surface area contributed by atoms with E-state index in [1.165, 1.54) is 22.3 Å². The Morgan fingerprint density at radius 3 is 2.54 bits per heavy atom. The van der Waals surface area contributed by atoms with Gasteiger partial charge in [0.15, 0.2) is 11.2 Å². The second kappa shape index (κ2) is 9.92. The van der Waals surface area contributed by atoms with E-state index in [0.717, 1.165) is 23.0 Å². The number of ether oxygens (including phenoxy) is 1. The van der Waals surface area contributed by atoms with E-state index in [9.17, 15) is 19.1 Å². The first-order valence-electron chi connectivity index (χ1n) is 13.3. The smallest absolute Gasteiger partial charge is 0.332 e. The molecule has 1 saturated carbocycles. The number of nitrogens with zero attached hydrogens (tertiary/aromatic N) is 5. The maximum atomic E-state index is 13.7. The number of rotatable bonds is 9. The summed E-state index contributed by atoms with van der Waals surface area (Å²) in [7, 11) is 0. The molecule has 1 unspecified atom stereocenters. The van der Waals surface area contributed by atoms with Crippen LogP contribution in [0.4, 0.5) is 4.39 Å². The summed E-state index contributed by atoms with van der Waals surface area (Å²) < 4.78 is 24.2. The molecule has 9 nitrogen and oxygen atoms in total. The zero-order valence-corrected chi connectivity index (χ0v) is 21.9. The van der Waals surface area contributed by atoms with Gasteiger partial charge in [0.25, 0.3) is 5.56 Å². The summed E-state index contributed by atoms with van der Waals surface area (Å²) in [4.78, 5) is 36.4. The quantitative estimate of drug-likeness (QED) is 0.332. The molecule has 3 heterocycles. The van der Waals surface area contributed by atoms with Crippen molar-refractivity contribution in [3.8, 4) is 17.3 Å². The van der Waals surface area contributed by atoms with E-state index in [4.69, 9.17) is 14.7 Å². The number of aliphatic hydroxyl groups is 1. The Hall–Kier alpha value is -4.05. The number of imidazole rings is 1. The summed E-state index contributed by atoms with van der Waals surface area (Å²) in [6, 6.07) is 9.76. The topological polar surface area (TPSA) is 104 Å². The van der Waals surface area contributed by atoms with Gasteiger partial charge in [-0.15, -0.1) is 0 Å². The average molecular weight is 532 g/mol. The number of fused-ring (bicyclic) bond motifs is 2. The number of pyridine rings is 1. The lowest BCUT2D eigenvalue weighted by atomic mass is 10.1. The van der Waals surface area contributed by atoms with Gasteiger partial charge < -0.3 is 14.4 Å². The van der Waals surface area contributed by atoms with Gasteiger partial charge in [0, 0.05) is 50.2 Å². The highest BCUT2D eigenvalue weighted by Gasteiger charge is 2.37. The number of halogens is 1. The van der Waals surface area contributed by atoms with Crippen LogP contribution in [0.3, 0.4) is 0 Å². The highest BCUT2D eigenvalue weighted by atomic mass is 19.1. The Morgan fingerprint density at radius 2 is 1.87 bits per heavy atom. The van der Waals surface area contributed by atoms with Crippen LogP contribution in [0.25, 0.3) is 22.6 Å². The Labute approximate surface area is 223 Å². The second-order valence-corrected chi connectivity index (χ2v) is 10.2. The fourth-order valence-electron chi connectivity index (χ4n) is 5.51. The lowest BCUT2D eigenvalue weighted by Crippen LogP contribution is -2.40. The molecule has 4 aromatic rings. The first-order valence-corrected chi connectivity index (χ1v) is 13.3. The second-order valence-electron chi connectivity index (χ2n) is 10.2. The van der Waals surface area contributed by atoms with E-state index in [1.807, 2.05) is 26.0 Å². The number of aromatic nitrogens is 5. The van der Waals surface area contributed by atoms with Crippen molar-refractivity contribution < 1.29 is 14.2 Å². The minimum atomic E-state index is -0.478. The van der Waals surface area contributed by atoms with Crippen molar-refractivity contribution >= 4 is 11.2 Å². The number of allylic oxidation sites excluding steroid dienone is 1. The Kier molecular flexibility index (Phi) is 6.42. The normalized spacial score (nSPS) is 17.9. The standard InChI is InChI=1S/C29H30FN5O4/c1-3-33-27-25(28(37)34(29(33)38)11-4-12-36)35(16-18-5-7-21(30)8-6-18)26(32-27)23-9-10-24(31-17(23)2)39-22-14-19-13-20(19)15-22/h5-10,13,19,22,36H,3-4,11-12,14-16H2,1-2H3/t19-,22?/m1/s1. The van der Waals surface area contributed by atoms with Crippen LogP contribution in [0.15, 0.2) is 57.6 Å². The molecule has 0 aliphatic heterocycles. The summed E-state index contributed by atoms with van der Waals surface area (Å²) in [5, 5.41) is 9.34. The van der Waals surface area contributed by atoms with Crippen molar-refractivity contribution in [2.24, 2.45) is 5.92 Å². The zero-order valence-electron chi connectivity index (χ0n) is 21.9. The van der Waals surface area contributed by atoms with Gasteiger partial charge in [-0.05, 0) is 50.5 Å². The molecule has 0 amide bonds. The van der Waals surface area contributed by atoms with Crippen LogP contribution in [0.5, 0.6) is 5.88 Å². The van der Waals surface area contributed by atoms with E-state index in [1.54, 1.807) is 16.7 Å². The lowest BCUT2D eigenvalue weighted by Gasteiger charge is -2.15. The predicted octanol–water partition coefficient (Wildman–Crippen LogP) is 3.42. The largest absolute Gasteiger partial charge is 0.474 e. The van der Waals surface area contributed by atoms with Crippen LogP contribution in [-0.2, 0) is 19.6 Å². The minimum Gasteiger partial charge on any atom is -0.474 e. The van der Waals surface area contributed by atoms with Gasteiger partial charge in [-0.2, -0.15) is 0 Å². The SMILES string of the molecule is CCn1c(=O)n(CCCO)c(=O)c2c1nc(-c1ccc(OC3CC4=C[C@@H]4C3)nc1C)n2Cc1ccc(F)cc1. The predicted molar refractivity (Wildman–Crippen MR) is 144 cm³/mol. The summed E-state index contributed by atoms with van der Waals surface area (Å²) in [5.74, 6) is 1.27. The molecule has 10 heteroatoms. The Balaban J connectivity index is 1.50. The number of hydrogen-bond acceptors (Lipinski definition) is 6. The highest BCUT2D eigenvalue weighted by molar-refractivity contribution is 5.78. The maximum absolute atomic E-state index is 13.7. The molecule has 2 aliphatic rings. The molecule has 6 rings (SSSR count). The third kappa shape index (κ3) is 4.58. The molecule has 1 aromatic carbocycles. The van der Waals surface area contributed by atoms with Gasteiger partial charge in [-0.1, -0.05) is 23.8 Å². The van der Waals surface area contributed by atoms with Gasteiger partial charge in [-0.3, -0.25) is 13.9 Å². The lowest BCUT2D eigenvalue weighted by molar-refractivity contribution is 0.198. The van der Waals surface area contributed by atoms with Gasteiger partial charge in [0.2, 0.25) is 5.88 Å². The molecule has 1 fully saturated rings. The van der Waals surface area contributed by atoms with Crippen LogP contribution in [0, 0.1) is 18.7 Å². The monoisotopic (exact) mass is 531 g/mol. The van der Waals surface area contributed by atoms with Crippen molar-refractivity contribution in [2.75, 3.05) is 6.61 Å². The minimum absolute atomic E-state index is 0.0900. The molecule has 202 valence electrons. The van der Waals surface area contributed by atoms with Crippen LogP contribution in [0.2, 0.25) is 0 Å². The molecule has 0 saturated heterocycles. The Morgan fingerprint density at radius 1 is 1.08 bits per heavy atom. The molecule has 0 radical (unpaired) electrons. The number of aryl methyl sites for hydroxylation is 2. The molecular formula is C29H30FN5O4. The number of aliphatic hydroxyl groups excluding tert-OH is 1. The average Bonchev–Trinajstić information content (AvgIpc) is 3.36. The fourth-order valence-corrected chi connectivity index (χ4v) is 5.51. The Bertz CT molecular complexity index is 1720. The van der Waals surface area contributed by atoms with Crippen LogP contribution >= 0.6 is 0 Å². The van der Waals surface area contributed by atoms with E-state index in [-0.39, 0.29) is 49.2 Å². The van der Waals surface area contributed by atoms with Gasteiger partial charge in [-0.25, -0.2) is 19.2 Å². The highest BCUT2D eigenvalue weighted by Crippen LogP contribution is 2.45. The van der Waals surface area contributed by atoms with Gasteiger partial charge >= 0.3 is 5.69 Å². The first-order chi connectivity index (χ1) is 18.9. The van der Waals surface area contributed by atoms with Crippen LogP contribution in [-0.4, -0.2) is 41.5 Å². The molecule has 39 heavy (non-hydrogen) atoms. The molecule has 0 bridgehead atoms. The van der Waals surface area contributed by atoms with E-state index < -0.39 is 11.2 Å². The summed E-state index contributed by atoms with van der Waals surface area (Å²) in [6.07, 6.45) is 4.61. The van der Waals surface area contributed by atoms with E-state index in [2.05, 4.69) is 6.08 Å². The molecule has 0 spiro atoms. The zero-order chi connectivity index (χ0) is 27.3. The van der Waals surface area contributed by atoms with Crippen molar-refractivity contribution in [3.63, 3.8) is 0 Å². The molecule has 3 aromatic heterocycles. The van der Waals surface area contributed by atoms with Crippen molar-refractivity contribution in [1.29, 1.82) is 0 Å². The number of hydrogen-bond donors (Lipinski definition) is 1. The van der Waals surface area contributed by atoms with E-state index >= 15 is 0 Å². The molecule has 2 atom stereocenters. The summed E-state index contributed by atoms with van der Waals surface area (Å²) in [6.45, 7) is 4.18. The first kappa shape index (κ1) is 25.2. The van der Waals surface area contributed by atoms with Crippen LogP contribution in [0.1, 0.15) is 37.4 Å². The van der Waals surface area contributed by atoms with Crippen molar-refractivity contribution in [2.45, 2.75) is 58.8 Å². The fraction of sp³-hybridized carbons (Fsp3) is 0.379. The van der Waals surface area contributed by atoms with Gasteiger partial charge in [0.05, 0.1) is 5.69 Å².